The maximum Gasteiger partial charge on any atom is 0.179 e. The molecule has 1 heterocycles. The molecule has 0 unspecified atom stereocenters. The highest BCUT2D eigenvalue weighted by Gasteiger charge is 2.46. The van der Waals surface area contributed by atoms with Gasteiger partial charge in [0.1, 0.15) is 18.1 Å². The molecule has 4 aromatic carbocycles. The Hall–Kier alpha value is -3.96. The summed E-state index contributed by atoms with van der Waals surface area (Å²) in [5, 5.41) is 2.14. The zero-order chi connectivity index (χ0) is 21.0. The molecule has 2 heteroatoms. The summed E-state index contributed by atoms with van der Waals surface area (Å²) in [7, 11) is 0. The standard InChI is InChI=1S/C29H20O2/c1-3-17-30-26-14-8-11-23-22(26)15-16-27-28(23)19(2)18-29(31-27)24-12-6-4-9-20(24)21-10-5-7-13-25(21)29/h1,4-16,18H,17H2,2H3. The zero-order valence-electron chi connectivity index (χ0n) is 17.2. The molecule has 1 aliphatic carbocycles. The summed E-state index contributed by atoms with van der Waals surface area (Å²) in [5.74, 6) is 4.22. The summed E-state index contributed by atoms with van der Waals surface area (Å²) in [5.41, 5.74) is 6.52. The lowest BCUT2D eigenvalue weighted by atomic mass is 9.84. The van der Waals surface area contributed by atoms with Crippen molar-refractivity contribution in [3.05, 3.63) is 102 Å². The third kappa shape index (κ3) is 2.41. The van der Waals surface area contributed by atoms with Crippen molar-refractivity contribution in [3.63, 3.8) is 0 Å². The van der Waals surface area contributed by atoms with Crippen LogP contribution in [-0.4, -0.2) is 6.61 Å². The van der Waals surface area contributed by atoms with Gasteiger partial charge in [0.25, 0.3) is 0 Å². The molecule has 0 N–H and O–H groups in total. The monoisotopic (exact) mass is 400 g/mol. The molecule has 2 aliphatic rings. The molecular weight excluding hydrogens is 380 g/mol. The minimum absolute atomic E-state index is 0.248. The number of benzene rings is 4. The van der Waals surface area contributed by atoms with Gasteiger partial charge < -0.3 is 9.47 Å². The molecule has 0 saturated heterocycles. The molecule has 0 radical (unpaired) electrons. The van der Waals surface area contributed by atoms with E-state index in [0.29, 0.717) is 0 Å². The summed E-state index contributed by atoms with van der Waals surface area (Å²) >= 11 is 0. The van der Waals surface area contributed by atoms with E-state index in [0.717, 1.165) is 27.8 Å². The predicted molar refractivity (Wildman–Crippen MR) is 125 cm³/mol. The van der Waals surface area contributed by atoms with Crippen molar-refractivity contribution in [2.24, 2.45) is 0 Å². The van der Waals surface area contributed by atoms with Gasteiger partial charge in [-0.3, -0.25) is 0 Å². The highest BCUT2D eigenvalue weighted by Crippen LogP contribution is 2.55. The van der Waals surface area contributed by atoms with Gasteiger partial charge in [0.15, 0.2) is 5.60 Å². The van der Waals surface area contributed by atoms with E-state index in [9.17, 15) is 0 Å². The van der Waals surface area contributed by atoms with Crippen LogP contribution in [0.5, 0.6) is 11.5 Å². The van der Waals surface area contributed by atoms with Gasteiger partial charge in [-0.15, -0.1) is 6.42 Å². The van der Waals surface area contributed by atoms with E-state index in [1.807, 2.05) is 12.1 Å². The molecule has 0 bridgehead atoms. The van der Waals surface area contributed by atoms with Gasteiger partial charge in [0.2, 0.25) is 0 Å². The first-order valence-electron chi connectivity index (χ1n) is 10.4. The molecule has 0 aromatic heterocycles. The predicted octanol–water partition coefficient (Wildman–Crippen LogP) is 6.57. The smallest absolute Gasteiger partial charge is 0.179 e. The molecule has 1 aliphatic heterocycles. The number of hydrogen-bond donors (Lipinski definition) is 0. The topological polar surface area (TPSA) is 18.5 Å². The minimum atomic E-state index is -0.616. The summed E-state index contributed by atoms with van der Waals surface area (Å²) in [6.07, 6.45) is 7.67. The van der Waals surface area contributed by atoms with Crippen molar-refractivity contribution in [3.8, 4) is 35.0 Å². The summed E-state index contributed by atoms with van der Waals surface area (Å²) < 4.78 is 12.7. The van der Waals surface area contributed by atoms with Crippen molar-refractivity contribution < 1.29 is 9.47 Å². The Bertz CT molecular complexity index is 1390. The van der Waals surface area contributed by atoms with Crippen LogP contribution in [0.25, 0.3) is 27.5 Å². The summed E-state index contributed by atoms with van der Waals surface area (Å²) in [6, 6.07) is 27.3. The van der Waals surface area contributed by atoms with E-state index < -0.39 is 5.60 Å². The van der Waals surface area contributed by atoms with Crippen LogP contribution in [0.4, 0.5) is 0 Å². The maximum absolute atomic E-state index is 6.88. The zero-order valence-corrected chi connectivity index (χ0v) is 17.2. The Kier molecular flexibility index (Phi) is 3.76. The number of terminal acetylenes is 1. The molecule has 31 heavy (non-hydrogen) atoms. The van der Waals surface area contributed by atoms with Gasteiger partial charge >= 0.3 is 0 Å². The van der Waals surface area contributed by atoms with Crippen LogP contribution >= 0.6 is 0 Å². The van der Waals surface area contributed by atoms with Gasteiger partial charge in [0.05, 0.1) is 0 Å². The van der Waals surface area contributed by atoms with Crippen molar-refractivity contribution in [1.82, 2.24) is 0 Å². The van der Waals surface area contributed by atoms with Crippen LogP contribution in [0, 0.1) is 12.3 Å². The Balaban J connectivity index is 1.59. The fourth-order valence-electron chi connectivity index (χ4n) is 5.12. The molecule has 0 saturated carbocycles. The Morgan fingerprint density at radius 1 is 0.839 bits per heavy atom. The Labute approximate surface area is 181 Å². The average molecular weight is 400 g/mol. The molecule has 0 atom stereocenters. The van der Waals surface area contributed by atoms with E-state index in [1.165, 1.54) is 27.8 Å². The molecule has 6 rings (SSSR count). The molecule has 1 spiro atoms. The molecule has 4 aromatic rings. The van der Waals surface area contributed by atoms with Gasteiger partial charge in [-0.2, -0.15) is 0 Å². The minimum Gasteiger partial charge on any atom is -0.480 e. The van der Waals surface area contributed by atoms with Crippen LogP contribution < -0.4 is 9.47 Å². The van der Waals surface area contributed by atoms with E-state index in [2.05, 4.69) is 85.7 Å². The first-order valence-corrected chi connectivity index (χ1v) is 10.4. The lowest BCUT2D eigenvalue weighted by molar-refractivity contribution is 0.165. The van der Waals surface area contributed by atoms with Crippen molar-refractivity contribution in [2.75, 3.05) is 6.61 Å². The quantitative estimate of drug-likeness (QED) is 0.354. The fraction of sp³-hybridized carbons (Fsp3) is 0.103. The highest BCUT2D eigenvalue weighted by molar-refractivity contribution is 6.00. The largest absolute Gasteiger partial charge is 0.480 e. The highest BCUT2D eigenvalue weighted by atomic mass is 16.5. The first-order chi connectivity index (χ1) is 15.2. The van der Waals surface area contributed by atoms with Crippen LogP contribution in [0.2, 0.25) is 0 Å². The third-order valence-electron chi connectivity index (χ3n) is 6.32. The van der Waals surface area contributed by atoms with Crippen LogP contribution in [0.1, 0.15) is 23.6 Å². The van der Waals surface area contributed by atoms with Gasteiger partial charge in [-0.1, -0.05) is 66.6 Å². The van der Waals surface area contributed by atoms with Gasteiger partial charge in [-0.05, 0) is 53.3 Å². The molecule has 2 nitrogen and oxygen atoms in total. The Morgan fingerprint density at radius 3 is 2.26 bits per heavy atom. The van der Waals surface area contributed by atoms with Crippen molar-refractivity contribution in [2.45, 2.75) is 12.5 Å². The van der Waals surface area contributed by atoms with Crippen LogP contribution in [0.15, 0.2) is 84.9 Å². The third-order valence-corrected chi connectivity index (χ3v) is 6.32. The second-order valence-electron chi connectivity index (χ2n) is 8.04. The number of fused-ring (bicyclic) bond motifs is 8. The fourth-order valence-corrected chi connectivity index (χ4v) is 5.12. The second-order valence-corrected chi connectivity index (χ2v) is 8.04. The SMILES string of the molecule is C#CCOc1cccc2c3c(ccc12)OC1(C=C3C)c2ccccc2-c2ccccc21. The molecule has 0 amide bonds. The number of ether oxygens (including phenoxy) is 2. The van der Waals surface area contributed by atoms with E-state index in [-0.39, 0.29) is 6.61 Å². The van der Waals surface area contributed by atoms with Crippen LogP contribution in [-0.2, 0) is 5.60 Å². The average Bonchev–Trinajstić information content (AvgIpc) is 3.07. The first kappa shape index (κ1) is 17.9. The lowest BCUT2D eigenvalue weighted by Crippen LogP contribution is -2.33. The number of rotatable bonds is 2. The lowest BCUT2D eigenvalue weighted by Gasteiger charge is -2.35. The summed E-state index contributed by atoms with van der Waals surface area (Å²) in [6.45, 7) is 2.42. The Morgan fingerprint density at radius 2 is 1.55 bits per heavy atom. The van der Waals surface area contributed by atoms with Crippen molar-refractivity contribution >= 4 is 16.3 Å². The molecular formula is C29H20O2. The van der Waals surface area contributed by atoms with Crippen LogP contribution in [0.3, 0.4) is 0 Å². The number of allylic oxidation sites excluding steroid dienone is 1. The van der Waals surface area contributed by atoms with Gasteiger partial charge in [0, 0.05) is 22.1 Å². The van der Waals surface area contributed by atoms with E-state index in [4.69, 9.17) is 15.9 Å². The van der Waals surface area contributed by atoms with Crippen molar-refractivity contribution in [1.29, 1.82) is 0 Å². The van der Waals surface area contributed by atoms with E-state index >= 15 is 0 Å². The molecule has 148 valence electrons. The number of hydrogen-bond acceptors (Lipinski definition) is 2. The second kappa shape index (κ2) is 6.52. The van der Waals surface area contributed by atoms with Gasteiger partial charge in [-0.25, -0.2) is 0 Å². The normalized spacial score (nSPS) is 14.8. The summed E-state index contributed by atoms with van der Waals surface area (Å²) in [4.78, 5) is 0. The van der Waals surface area contributed by atoms with E-state index in [1.54, 1.807) is 0 Å². The maximum atomic E-state index is 6.88. The molecule has 0 fully saturated rings.